The van der Waals surface area contributed by atoms with E-state index in [4.69, 9.17) is 27.9 Å². The molecule has 5 heteroatoms. The number of carbonyl (C=O) groups is 1. The van der Waals surface area contributed by atoms with Crippen molar-refractivity contribution in [1.82, 2.24) is 4.57 Å². The van der Waals surface area contributed by atoms with Gasteiger partial charge in [-0.3, -0.25) is 4.79 Å². The van der Waals surface area contributed by atoms with E-state index in [1.165, 1.54) is 12.8 Å². The number of benzene rings is 2. The lowest BCUT2D eigenvalue weighted by Crippen LogP contribution is -2.32. The van der Waals surface area contributed by atoms with Crippen LogP contribution in [0.4, 0.5) is 0 Å². The van der Waals surface area contributed by atoms with Crippen molar-refractivity contribution in [2.24, 2.45) is 11.3 Å². The van der Waals surface area contributed by atoms with Crippen LogP contribution in [0.1, 0.15) is 54.1 Å². The van der Waals surface area contributed by atoms with Crippen LogP contribution in [0.3, 0.4) is 0 Å². The largest absolute Gasteiger partial charge is 0.487 e. The summed E-state index contributed by atoms with van der Waals surface area (Å²) in [4.78, 5) is 13.3. The van der Waals surface area contributed by atoms with Crippen LogP contribution in [0.15, 0.2) is 54.9 Å². The van der Waals surface area contributed by atoms with E-state index in [0.29, 0.717) is 40.3 Å². The molecular formula is C26H25Cl2NO2. The van der Waals surface area contributed by atoms with Gasteiger partial charge in [-0.15, -0.1) is 0 Å². The zero-order valence-corrected chi connectivity index (χ0v) is 19.0. The van der Waals surface area contributed by atoms with E-state index in [9.17, 15) is 4.79 Å². The molecule has 1 fully saturated rings. The first-order valence-corrected chi connectivity index (χ1v) is 11.6. The first-order valence-electron chi connectivity index (χ1n) is 10.9. The monoisotopic (exact) mass is 453 g/mol. The van der Waals surface area contributed by atoms with Gasteiger partial charge in [-0.25, -0.2) is 0 Å². The summed E-state index contributed by atoms with van der Waals surface area (Å²) in [6.07, 6.45) is 9.38. The van der Waals surface area contributed by atoms with E-state index in [2.05, 4.69) is 23.6 Å². The van der Waals surface area contributed by atoms with Gasteiger partial charge in [0.25, 0.3) is 0 Å². The highest BCUT2D eigenvalue weighted by molar-refractivity contribution is 6.45. The maximum Gasteiger partial charge on any atom is 0.171 e. The number of aromatic nitrogens is 1. The van der Waals surface area contributed by atoms with Crippen molar-refractivity contribution in [3.8, 4) is 11.4 Å². The minimum Gasteiger partial charge on any atom is -0.487 e. The van der Waals surface area contributed by atoms with Gasteiger partial charge < -0.3 is 9.30 Å². The third-order valence-electron chi connectivity index (χ3n) is 7.05. The molecule has 1 atom stereocenters. The van der Waals surface area contributed by atoms with Crippen molar-refractivity contribution < 1.29 is 9.53 Å². The van der Waals surface area contributed by atoms with Crippen molar-refractivity contribution >= 4 is 29.0 Å². The van der Waals surface area contributed by atoms with Gasteiger partial charge in [0.2, 0.25) is 0 Å². The first-order chi connectivity index (χ1) is 15.0. The molecule has 31 heavy (non-hydrogen) atoms. The van der Waals surface area contributed by atoms with Gasteiger partial charge in [-0.05, 0) is 66.6 Å². The van der Waals surface area contributed by atoms with Crippen molar-refractivity contribution in [3.05, 3.63) is 81.6 Å². The highest BCUT2D eigenvalue weighted by atomic mass is 35.5. The molecule has 0 aliphatic heterocycles. The van der Waals surface area contributed by atoms with Crippen molar-refractivity contribution in [3.63, 3.8) is 0 Å². The summed E-state index contributed by atoms with van der Waals surface area (Å²) in [7, 11) is 0. The second-order valence-corrected chi connectivity index (χ2v) is 9.74. The van der Waals surface area contributed by atoms with Crippen LogP contribution < -0.4 is 4.74 Å². The Labute approximate surface area is 192 Å². The van der Waals surface area contributed by atoms with E-state index in [0.717, 1.165) is 29.7 Å². The Morgan fingerprint density at radius 3 is 2.42 bits per heavy atom. The Morgan fingerprint density at radius 1 is 1.06 bits per heavy atom. The molecule has 2 aliphatic rings. The molecule has 0 amide bonds. The molecule has 0 N–H and O–H groups in total. The maximum atomic E-state index is 13.3. The van der Waals surface area contributed by atoms with Gasteiger partial charge in [-0.1, -0.05) is 55.1 Å². The maximum absolute atomic E-state index is 13.3. The third kappa shape index (κ3) is 3.58. The van der Waals surface area contributed by atoms with Crippen LogP contribution in [0.25, 0.3) is 5.69 Å². The molecule has 1 aromatic heterocycles. The smallest absolute Gasteiger partial charge is 0.171 e. The number of ether oxygens (including phenoxy) is 1. The van der Waals surface area contributed by atoms with E-state index in [1.54, 1.807) is 0 Å². The minimum atomic E-state index is -0.376. The van der Waals surface area contributed by atoms with E-state index < -0.39 is 0 Å². The molecule has 0 radical (unpaired) electrons. The molecule has 5 rings (SSSR count). The van der Waals surface area contributed by atoms with Gasteiger partial charge in [-0.2, -0.15) is 0 Å². The SMILES string of the molecule is CC1(C2CCCC2)Cc2cc(OCc3ccc(-n4cccc4)cc3)c(Cl)c(Cl)c2C1=O. The Morgan fingerprint density at radius 2 is 1.74 bits per heavy atom. The summed E-state index contributed by atoms with van der Waals surface area (Å²) < 4.78 is 8.11. The molecule has 1 saturated carbocycles. The predicted molar refractivity (Wildman–Crippen MR) is 125 cm³/mol. The van der Waals surface area contributed by atoms with Crippen LogP contribution in [-0.4, -0.2) is 10.4 Å². The molecule has 2 aromatic carbocycles. The number of hydrogen-bond acceptors (Lipinski definition) is 2. The number of ketones is 1. The van der Waals surface area contributed by atoms with Crippen molar-refractivity contribution in [1.29, 1.82) is 0 Å². The highest BCUT2D eigenvalue weighted by Crippen LogP contribution is 2.52. The Hall–Kier alpha value is -2.23. The van der Waals surface area contributed by atoms with E-state index >= 15 is 0 Å². The molecule has 3 nitrogen and oxygen atoms in total. The summed E-state index contributed by atoms with van der Waals surface area (Å²) in [5, 5.41) is 0.664. The number of carbonyl (C=O) groups excluding carboxylic acids is 1. The fourth-order valence-corrected chi connectivity index (χ4v) is 5.73. The Bertz CT molecular complexity index is 1120. The van der Waals surface area contributed by atoms with E-state index in [1.807, 2.05) is 42.7 Å². The second-order valence-electron chi connectivity index (χ2n) is 8.99. The number of fused-ring (bicyclic) bond motifs is 1. The lowest BCUT2D eigenvalue weighted by Gasteiger charge is -2.29. The third-order valence-corrected chi connectivity index (χ3v) is 7.90. The van der Waals surface area contributed by atoms with Gasteiger partial charge in [0.1, 0.15) is 17.4 Å². The predicted octanol–water partition coefficient (Wildman–Crippen LogP) is 7.30. The Balaban J connectivity index is 1.36. The van der Waals surface area contributed by atoms with Crippen molar-refractivity contribution in [2.45, 2.75) is 45.6 Å². The molecule has 0 bridgehead atoms. The zero-order valence-electron chi connectivity index (χ0n) is 17.5. The lowest BCUT2D eigenvalue weighted by molar-refractivity contribution is 0.0744. The topological polar surface area (TPSA) is 31.2 Å². The van der Waals surface area contributed by atoms with Crippen molar-refractivity contribution in [2.75, 3.05) is 0 Å². The van der Waals surface area contributed by atoms with E-state index in [-0.39, 0.29) is 11.2 Å². The molecule has 0 saturated heterocycles. The average molecular weight is 454 g/mol. The van der Waals surface area contributed by atoms with Gasteiger partial charge in [0.05, 0.1) is 5.02 Å². The molecule has 1 unspecified atom stereocenters. The molecular weight excluding hydrogens is 429 g/mol. The average Bonchev–Trinajstić information content (AvgIpc) is 3.53. The number of rotatable bonds is 5. The van der Waals surface area contributed by atoms with Gasteiger partial charge in [0, 0.05) is 29.1 Å². The highest BCUT2D eigenvalue weighted by Gasteiger charge is 2.49. The number of nitrogens with zero attached hydrogens (tertiary/aromatic N) is 1. The first kappa shape index (κ1) is 20.7. The van der Waals surface area contributed by atoms with Crippen LogP contribution in [0.5, 0.6) is 5.75 Å². The number of halogens is 2. The van der Waals surface area contributed by atoms with Crippen LogP contribution >= 0.6 is 23.2 Å². The minimum absolute atomic E-state index is 0.147. The molecule has 1 heterocycles. The fraction of sp³-hybridized carbons (Fsp3) is 0.346. The normalized spacial score (nSPS) is 20.9. The van der Waals surface area contributed by atoms with Gasteiger partial charge in [0.15, 0.2) is 5.78 Å². The Kier molecular flexibility index (Phi) is 5.35. The number of hydrogen-bond donors (Lipinski definition) is 0. The second kappa shape index (κ2) is 8.03. The molecule has 0 spiro atoms. The fourth-order valence-electron chi connectivity index (χ4n) is 5.23. The summed E-state index contributed by atoms with van der Waals surface area (Å²) in [6.45, 7) is 2.48. The summed E-state index contributed by atoms with van der Waals surface area (Å²) >= 11 is 13.1. The zero-order chi connectivity index (χ0) is 21.6. The van der Waals surface area contributed by atoms with Crippen LogP contribution in [0, 0.1) is 11.3 Å². The summed E-state index contributed by atoms with van der Waals surface area (Å²) in [5.74, 6) is 1.11. The van der Waals surface area contributed by atoms with Gasteiger partial charge >= 0.3 is 0 Å². The van der Waals surface area contributed by atoms with Crippen LogP contribution in [-0.2, 0) is 13.0 Å². The number of Topliss-reactive ketones (excluding diaryl/α,β-unsaturated/α-hetero) is 1. The van der Waals surface area contributed by atoms with Crippen LogP contribution in [0.2, 0.25) is 10.0 Å². The quantitative estimate of drug-likeness (QED) is 0.405. The lowest BCUT2D eigenvalue weighted by atomic mass is 9.73. The molecule has 160 valence electrons. The molecule has 3 aromatic rings. The summed E-state index contributed by atoms with van der Waals surface area (Å²) in [6, 6.07) is 14.1. The summed E-state index contributed by atoms with van der Waals surface area (Å²) in [5.41, 5.74) is 3.32. The molecule has 2 aliphatic carbocycles. The standard InChI is InChI=1S/C26H25Cl2NO2/c1-26(19-6-2-3-7-19)15-18-14-21(23(27)24(28)22(18)25(26)30)31-16-17-8-10-20(11-9-17)29-12-4-5-13-29/h4-5,8-14,19H,2-3,6-7,15-16H2,1H3.